The number of carbonyl (C=O) groups excluding carboxylic acids is 3. The maximum absolute atomic E-state index is 11.9. The summed E-state index contributed by atoms with van der Waals surface area (Å²) in [5.41, 5.74) is 0. The molecular formula is C10H14N2O5S. The first kappa shape index (κ1) is 13.0. The minimum absolute atomic E-state index is 0.0206. The van der Waals surface area contributed by atoms with E-state index in [1.807, 2.05) is 0 Å². The van der Waals surface area contributed by atoms with Gasteiger partial charge in [-0.1, -0.05) is 0 Å². The van der Waals surface area contributed by atoms with Gasteiger partial charge < -0.3 is 4.90 Å². The zero-order valence-electron chi connectivity index (χ0n) is 9.72. The lowest BCUT2D eigenvalue weighted by Crippen LogP contribution is -2.53. The number of hydrogen-bond donors (Lipinski definition) is 1. The first-order valence-electron chi connectivity index (χ1n) is 5.66. The predicted octanol–water partition coefficient (Wildman–Crippen LogP) is -1.70. The Morgan fingerprint density at radius 2 is 1.89 bits per heavy atom. The van der Waals surface area contributed by atoms with Crippen LogP contribution in [0.25, 0.3) is 0 Å². The molecule has 0 radical (unpaired) electrons. The Morgan fingerprint density at radius 1 is 1.28 bits per heavy atom. The van der Waals surface area contributed by atoms with Crippen LogP contribution in [0.2, 0.25) is 0 Å². The van der Waals surface area contributed by atoms with Gasteiger partial charge in [0, 0.05) is 6.42 Å². The van der Waals surface area contributed by atoms with Crippen LogP contribution in [0.1, 0.15) is 12.8 Å². The molecule has 1 N–H and O–H groups in total. The number of nitrogens with one attached hydrogen (secondary N) is 1. The second-order valence-corrected chi connectivity index (χ2v) is 6.92. The molecule has 1 atom stereocenters. The second-order valence-electron chi connectivity index (χ2n) is 4.69. The van der Waals surface area contributed by atoms with E-state index in [1.165, 1.54) is 4.90 Å². The first-order chi connectivity index (χ1) is 8.35. The molecule has 2 rings (SSSR count). The maximum atomic E-state index is 11.9. The van der Waals surface area contributed by atoms with Crippen LogP contribution in [-0.2, 0) is 24.2 Å². The van der Waals surface area contributed by atoms with Crippen molar-refractivity contribution in [2.24, 2.45) is 5.92 Å². The third-order valence-corrected chi connectivity index (χ3v) is 4.93. The summed E-state index contributed by atoms with van der Waals surface area (Å²) in [5, 5.41) is 2.10. The van der Waals surface area contributed by atoms with E-state index in [-0.39, 0.29) is 42.8 Å². The Morgan fingerprint density at radius 3 is 2.39 bits per heavy atom. The fourth-order valence-electron chi connectivity index (χ4n) is 2.22. The molecule has 0 aliphatic carbocycles. The molecule has 3 amide bonds. The minimum Gasteiger partial charge on any atom is -0.324 e. The van der Waals surface area contributed by atoms with Gasteiger partial charge in [-0.2, -0.15) is 0 Å². The van der Waals surface area contributed by atoms with Gasteiger partial charge in [-0.3, -0.25) is 19.7 Å². The Balaban J connectivity index is 1.92. The quantitative estimate of drug-likeness (QED) is 0.605. The molecule has 18 heavy (non-hydrogen) atoms. The SMILES string of the molecule is O=C1CN(C(=O)CC2CCS(=O)(=O)C2)CC(=O)N1. The Labute approximate surface area is 104 Å². The third-order valence-electron chi connectivity index (χ3n) is 3.09. The molecule has 0 aromatic carbocycles. The molecule has 7 nitrogen and oxygen atoms in total. The van der Waals surface area contributed by atoms with Crippen molar-refractivity contribution >= 4 is 27.6 Å². The lowest BCUT2D eigenvalue weighted by molar-refractivity contribution is -0.145. The van der Waals surface area contributed by atoms with E-state index in [4.69, 9.17) is 0 Å². The number of amides is 3. The average molecular weight is 274 g/mol. The van der Waals surface area contributed by atoms with Crippen LogP contribution in [0.15, 0.2) is 0 Å². The number of imide groups is 1. The van der Waals surface area contributed by atoms with Gasteiger partial charge in [-0.25, -0.2) is 8.42 Å². The average Bonchev–Trinajstić information content (AvgIpc) is 2.56. The molecule has 0 spiro atoms. The van der Waals surface area contributed by atoms with Crippen molar-refractivity contribution in [2.75, 3.05) is 24.6 Å². The smallest absolute Gasteiger partial charge is 0.246 e. The van der Waals surface area contributed by atoms with E-state index < -0.39 is 21.7 Å². The highest BCUT2D eigenvalue weighted by molar-refractivity contribution is 7.91. The molecule has 2 fully saturated rings. The Hall–Kier alpha value is -1.44. The van der Waals surface area contributed by atoms with Crippen LogP contribution >= 0.6 is 0 Å². The highest BCUT2D eigenvalue weighted by atomic mass is 32.2. The van der Waals surface area contributed by atoms with Gasteiger partial charge in [0.15, 0.2) is 9.84 Å². The molecule has 2 aliphatic heterocycles. The molecule has 0 aromatic rings. The van der Waals surface area contributed by atoms with Crippen LogP contribution in [0.5, 0.6) is 0 Å². The van der Waals surface area contributed by atoms with E-state index in [1.54, 1.807) is 0 Å². The number of hydrogen-bond acceptors (Lipinski definition) is 5. The number of piperazine rings is 1. The summed E-state index contributed by atoms with van der Waals surface area (Å²) < 4.78 is 22.5. The summed E-state index contributed by atoms with van der Waals surface area (Å²) in [4.78, 5) is 35.2. The Kier molecular flexibility index (Phi) is 3.38. The van der Waals surface area contributed by atoms with E-state index in [2.05, 4.69) is 5.32 Å². The molecule has 0 aromatic heterocycles. The third kappa shape index (κ3) is 3.06. The van der Waals surface area contributed by atoms with Crippen molar-refractivity contribution in [1.82, 2.24) is 10.2 Å². The molecule has 100 valence electrons. The van der Waals surface area contributed by atoms with Crippen molar-refractivity contribution in [3.8, 4) is 0 Å². The molecule has 1 unspecified atom stereocenters. The van der Waals surface area contributed by atoms with Crippen molar-refractivity contribution in [2.45, 2.75) is 12.8 Å². The molecule has 2 saturated heterocycles. The van der Waals surface area contributed by atoms with Gasteiger partial charge in [0.1, 0.15) is 13.1 Å². The van der Waals surface area contributed by atoms with Crippen LogP contribution in [0, 0.1) is 5.92 Å². The minimum atomic E-state index is -3.01. The summed E-state index contributed by atoms with van der Waals surface area (Å²) in [6.07, 6.45) is 0.557. The van der Waals surface area contributed by atoms with E-state index in [0.717, 1.165) is 0 Å². The molecule has 8 heteroatoms. The molecule has 0 bridgehead atoms. The fraction of sp³-hybridized carbons (Fsp3) is 0.700. The van der Waals surface area contributed by atoms with Crippen molar-refractivity contribution in [3.05, 3.63) is 0 Å². The lowest BCUT2D eigenvalue weighted by atomic mass is 10.0. The maximum Gasteiger partial charge on any atom is 0.246 e. The van der Waals surface area contributed by atoms with Crippen molar-refractivity contribution < 1.29 is 22.8 Å². The largest absolute Gasteiger partial charge is 0.324 e. The summed E-state index contributed by atoms with van der Waals surface area (Å²) in [6, 6.07) is 0. The van der Waals surface area contributed by atoms with Gasteiger partial charge >= 0.3 is 0 Å². The van der Waals surface area contributed by atoms with Gasteiger partial charge in [-0.15, -0.1) is 0 Å². The van der Waals surface area contributed by atoms with Crippen LogP contribution in [-0.4, -0.2) is 55.6 Å². The highest BCUT2D eigenvalue weighted by Crippen LogP contribution is 2.22. The zero-order valence-corrected chi connectivity index (χ0v) is 10.5. The fourth-order valence-corrected chi connectivity index (χ4v) is 4.08. The van der Waals surface area contributed by atoms with Crippen LogP contribution < -0.4 is 5.32 Å². The molecule has 2 heterocycles. The molecule has 0 saturated carbocycles. The predicted molar refractivity (Wildman–Crippen MR) is 61.1 cm³/mol. The van der Waals surface area contributed by atoms with Gasteiger partial charge in [-0.05, 0) is 12.3 Å². The van der Waals surface area contributed by atoms with Crippen molar-refractivity contribution in [3.63, 3.8) is 0 Å². The summed E-state index contributed by atoms with van der Waals surface area (Å²) >= 11 is 0. The molecule has 2 aliphatic rings. The van der Waals surface area contributed by atoms with Crippen molar-refractivity contribution in [1.29, 1.82) is 0 Å². The summed E-state index contributed by atoms with van der Waals surface area (Å²) in [5.74, 6) is -1.39. The number of rotatable bonds is 2. The lowest BCUT2D eigenvalue weighted by Gasteiger charge is -2.26. The summed E-state index contributed by atoms with van der Waals surface area (Å²) in [7, 11) is -3.01. The summed E-state index contributed by atoms with van der Waals surface area (Å²) in [6.45, 7) is -0.270. The topological polar surface area (TPSA) is 101 Å². The van der Waals surface area contributed by atoms with Crippen LogP contribution in [0.3, 0.4) is 0 Å². The first-order valence-corrected chi connectivity index (χ1v) is 7.49. The number of nitrogens with zero attached hydrogens (tertiary/aromatic N) is 1. The normalized spacial score (nSPS) is 27.1. The highest BCUT2D eigenvalue weighted by Gasteiger charge is 2.32. The van der Waals surface area contributed by atoms with Gasteiger partial charge in [0.2, 0.25) is 17.7 Å². The van der Waals surface area contributed by atoms with E-state index in [9.17, 15) is 22.8 Å². The monoisotopic (exact) mass is 274 g/mol. The van der Waals surface area contributed by atoms with E-state index in [0.29, 0.717) is 6.42 Å². The van der Waals surface area contributed by atoms with Crippen LogP contribution in [0.4, 0.5) is 0 Å². The van der Waals surface area contributed by atoms with Gasteiger partial charge in [0.05, 0.1) is 11.5 Å². The van der Waals surface area contributed by atoms with E-state index >= 15 is 0 Å². The van der Waals surface area contributed by atoms with Gasteiger partial charge in [0.25, 0.3) is 0 Å². The zero-order chi connectivity index (χ0) is 13.3. The standard InChI is InChI=1S/C10H14N2O5S/c13-8-4-12(5-9(14)11-8)10(15)3-7-1-2-18(16,17)6-7/h7H,1-6H2,(H,11,13,14). The second kappa shape index (κ2) is 4.68. The Bertz CT molecular complexity index is 482. The number of carbonyl (C=O) groups is 3. The number of sulfone groups is 1. The molecular weight excluding hydrogens is 260 g/mol.